The zero-order valence-electron chi connectivity index (χ0n) is 21.0. The number of hydrogen-bond donors (Lipinski definition) is 2. The van der Waals surface area contributed by atoms with Gasteiger partial charge in [0.15, 0.2) is 0 Å². The monoisotopic (exact) mass is 513 g/mol. The molecule has 6 nitrogen and oxygen atoms in total. The van der Waals surface area contributed by atoms with Crippen LogP contribution in [0.25, 0.3) is 33.3 Å². The quantitative estimate of drug-likeness (QED) is 0.387. The highest BCUT2D eigenvalue weighted by Gasteiger charge is 2.34. The average molecular weight is 514 g/mol. The first kappa shape index (κ1) is 23.5. The highest BCUT2D eigenvalue weighted by molar-refractivity contribution is 6.02. The molecule has 4 aromatic rings. The van der Waals surface area contributed by atoms with Crippen LogP contribution in [0.15, 0.2) is 54.9 Å². The predicted octanol–water partition coefficient (Wildman–Crippen LogP) is 5.27. The van der Waals surface area contributed by atoms with E-state index in [2.05, 4.69) is 21.3 Å². The number of ether oxygens (including phenoxy) is 1. The molecule has 2 atom stereocenters. The number of aromatic nitrogens is 2. The van der Waals surface area contributed by atoms with Crippen molar-refractivity contribution in [1.82, 2.24) is 15.3 Å². The number of halogens is 2. The van der Waals surface area contributed by atoms with Gasteiger partial charge in [-0.25, -0.2) is 8.78 Å². The maximum absolute atomic E-state index is 14.3. The molecule has 1 saturated carbocycles. The molecule has 2 aromatic heterocycles. The summed E-state index contributed by atoms with van der Waals surface area (Å²) in [5.74, 6) is -0.728. The van der Waals surface area contributed by atoms with Crippen molar-refractivity contribution >= 4 is 22.3 Å². The van der Waals surface area contributed by atoms with Crippen molar-refractivity contribution in [3.63, 3.8) is 0 Å². The van der Waals surface area contributed by atoms with E-state index in [1.165, 1.54) is 12.1 Å². The fraction of sp³-hybridized carbons (Fsp3) is 0.333. The Morgan fingerprint density at radius 2 is 1.82 bits per heavy atom. The fourth-order valence-corrected chi connectivity index (χ4v) is 6.03. The molecule has 1 aliphatic carbocycles. The normalized spacial score (nSPS) is 21.5. The molecule has 2 saturated heterocycles. The molecule has 2 aliphatic heterocycles. The summed E-state index contributed by atoms with van der Waals surface area (Å²) in [6.07, 6.45) is 6.80. The minimum absolute atomic E-state index is 0.0357. The van der Waals surface area contributed by atoms with Gasteiger partial charge in [-0.05, 0) is 66.6 Å². The minimum atomic E-state index is -0.618. The summed E-state index contributed by atoms with van der Waals surface area (Å²) in [4.78, 5) is 11.6. The Bertz CT molecular complexity index is 1520. The fourth-order valence-electron chi connectivity index (χ4n) is 6.03. The Morgan fingerprint density at radius 1 is 0.974 bits per heavy atom. The molecule has 194 valence electrons. The molecule has 3 aliphatic rings. The maximum Gasteiger partial charge on any atom is 0.126 e. The van der Waals surface area contributed by atoms with Crippen LogP contribution in [-0.4, -0.2) is 48.4 Å². The first-order valence-corrected chi connectivity index (χ1v) is 13.3. The molecule has 3 fully saturated rings. The number of pyridine rings is 2. The van der Waals surface area contributed by atoms with Gasteiger partial charge in [0.05, 0.1) is 35.3 Å². The second kappa shape index (κ2) is 9.29. The Kier molecular flexibility index (Phi) is 5.74. The van der Waals surface area contributed by atoms with E-state index in [0.29, 0.717) is 36.2 Å². The number of benzene rings is 2. The molecule has 2 aromatic carbocycles. The molecule has 4 heterocycles. The molecule has 0 spiro atoms. The number of anilines is 2. The Morgan fingerprint density at radius 3 is 2.63 bits per heavy atom. The van der Waals surface area contributed by atoms with Crippen molar-refractivity contribution in [3.05, 3.63) is 72.1 Å². The van der Waals surface area contributed by atoms with E-state index in [-0.39, 0.29) is 6.10 Å². The molecule has 0 amide bonds. The molecule has 8 heteroatoms. The lowest BCUT2D eigenvalue weighted by molar-refractivity contribution is -0.00896. The van der Waals surface area contributed by atoms with Gasteiger partial charge in [-0.15, -0.1) is 0 Å². The first-order chi connectivity index (χ1) is 18.5. The van der Waals surface area contributed by atoms with Crippen LogP contribution in [0.2, 0.25) is 0 Å². The Labute approximate surface area is 219 Å². The van der Waals surface area contributed by atoms with Gasteiger partial charge in [0.2, 0.25) is 0 Å². The third-order valence-corrected chi connectivity index (χ3v) is 8.04. The number of rotatable bonds is 4. The minimum Gasteiger partial charge on any atom is -0.397 e. The molecular weight excluding hydrogens is 484 g/mol. The SMILES string of the molecule is Nc1c(C2CC2)ccnc1-c1ccc2ncc(-c3cc(F)cc(F)c3)c(N3CCC4NCCOC4C3)c2c1. The van der Waals surface area contributed by atoms with Gasteiger partial charge in [0.25, 0.3) is 0 Å². The molecule has 38 heavy (non-hydrogen) atoms. The standard InChI is InChI=1S/C30H29F2N5O/c31-20-11-19(12-21(32)14-20)24-15-36-25-4-3-18(29-28(33)22(5-7-35-29)17-1-2-17)13-23(25)30(24)37-9-6-26-27(16-37)38-10-8-34-26/h3-5,7,11-15,17,26-27,34H,1-2,6,8-10,16,33H2. The summed E-state index contributed by atoms with van der Waals surface area (Å²) < 4.78 is 34.8. The highest BCUT2D eigenvalue weighted by Crippen LogP contribution is 2.45. The Balaban J connectivity index is 1.41. The summed E-state index contributed by atoms with van der Waals surface area (Å²) in [5, 5.41) is 4.46. The van der Waals surface area contributed by atoms with Crippen LogP contribution in [-0.2, 0) is 4.74 Å². The number of fused-ring (bicyclic) bond motifs is 2. The highest BCUT2D eigenvalue weighted by atomic mass is 19.1. The van der Waals surface area contributed by atoms with Crippen LogP contribution in [0.1, 0.15) is 30.7 Å². The van der Waals surface area contributed by atoms with E-state index in [1.54, 1.807) is 6.20 Å². The number of morpholine rings is 1. The van der Waals surface area contributed by atoms with E-state index in [9.17, 15) is 8.78 Å². The summed E-state index contributed by atoms with van der Waals surface area (Å²) in [5.41, 5.74) is 13.0. The number of nitrogens with zero attached hydrogens (tertiary/aromatic N) is 3. The van der Waals surface area contributed by atoms with Crippen LogP contribution < -0.4 is 16.0 Å². The van der Waals surface area contributed by atoms with Crippen LogP contribution >= 0.6 is 0 Å². The van der Waals surface area contributed by atoms with E-state index < -0.39 is 11.6 Å². The molecule has 0 bridgehead atoms. The smallest absolute Gasteiger partial charge is 0.126 e. The van der Waals surface area contributed by atoms with E-state index in [1.807, 2.05) is 24.4 Å². The third-order valence-electron chi connectivity index (χ3n) is 8.04. The number of nitrogen functional groups attached to an aromatic ring is 1. The molecule has 3 N–H and O–H groups in total. The van der Waals surface area contributed by atoms with E-state index in [0.717, 1.165) is 77.5 Å². The van der Waals surface area contributed by atoms with Gasteiger partial charge in [0, 0.05) is 60.6 Å². The van der Waals surface area contributed by atoms with Crippen molar-refractivity contribution in [2.45, 2.75) is 37.3 Å². The van der Waals surface area contributed by atoms with E-state index >= 15 is 0 Å². The molecular formula is C30H29F2N5O. The predicted molar refractivity (Wildman–Crippen MR) is 145 cm³/mol. The number of hydrogen-bond acceptors (Lipinski definition) is 6. The average Bonchev–Trinajstić information content (AvgIpc) is 3.77. The van der Waals surface area contributed by atoms with Gasteiger partial charge < -0.3 is 20.7 Å². The molecule has 2 unspecified atom stereocenters. The number of nitrogens with one attached hydrogen (secondary N) is 1. The van der Waals surface area contributed by atoms with Crippen molar-refractivity contribution in [2.24, 2.45) is 0 Å². The van der Waals surface area contributed by atoms with Crippen LogP contribution in [0, 0.1) is 11.6 Å². The summed E-state index contributed by atoms with van der Waals surface area (Å²) in [6, 6.07) is 12.0. The van der Waals surface area contributed by atoms with Gasteiger partial charge in [-0.1, -0.05) is 6.07 Å². The summed E-state index contributed by atoms with van der Waals surface area (Å²) >= 11 is 0. The lowest BCUT2D eigenvalue weighted by atomic mass is 9.95. The maximum atomic E-state index is 14.3. The van der Waals surface area contributed by atoms with Crippen molar-refractivity contribution in [1.29, 1.82) is 0 Å². The largest absolute Gasteiger partial charge is 0.397 e. The van der Waals surface area contributed by atoms with Crippen molar-refractivity contribution in [2.75, 3.05) is 36.9 Å². The van der Waals surface area contributed by atoms with Gasteiger partial charge in [0.1, 0.15) is 11.6 Å². The topological polar surface area (TPSA) is 76.3 Å². The van der Waals surface area contributed by atoms with Gasteiger partial charge >= 0.3 is 0 Å². The number of nitrogens with two attached hydrogens (primary N) is 1. The van der Waals surface area contributed by atoms with Gasteiger partial charge in [-0.3, -0.25) is 9.97 Å². The van der Waals surface area contributed by atoms with Gasteiger partial charge in [-0.2, -0.15) is 0 Å². The van der Waals surface area contributed by atoms with Crippen LogP contribution in [0.5, 0.6) is 0 Å². The summed E-state index contributed by atoms with van der Waals surface area (Å²) in [7, 11) is 0. The van der Waals surface area contributed by atoms with Crippen LogP contribution in [0.3, 0.4) is 0 Å². The zero-order valence-corrected chi connectivity index (χ0v) is 21.0. The molecule has 0 radical (unpaired) electrons. The second-order valence-corrected chi connectivity index (χ2v) is 10.6. The number of piperidine rings is 1. The van der Waals surface area contributed by atoms with E-state index in [4.69, 9.17) is 15.5 Å². The lowest BCUT2D eigenvalue weighted by Gasteiger charge is -2.43. The first-order valence-electron chi connectivity index (χ1n) is 13.3. The molecule has 7 rings (SSSR count). The van der Waals surface area contributed by atoms with Crippen molar-refractivity contribution in [3.8, 4) is 22.4 Å². The lowest BCUT2D eigenvalue weighted by Crippen LogP contribution is -2.57. The third kappa shape index (κ3) is 4.18. The van der Waals surface area contributed by atoms with Crippen molar-refractivity contribution < 1.29 is 13.5 Å². The second-order valence-electron chi connectivity index (χ2n) is 10.6. The summed E-state index contributed by atoms with van der Waals surface area (Å²) in [6.45, 7) is 2.97. The van der Waals surface area contributed by atoms with Crippen LogP contribution in [0.4, 0.5) is 20.2 Å². The zero-order chi connectivity index (χ0) is 25.8. The Hall–Kier alpha value is -3.62.